The smallest absolute Gasteiger partial charge is 0.314 e. The molecule has 1 aliphatic carbocycles. The number of aromatic hydroxyl groups is 1. The summed E-state index contributed by atoms with van der Waals surface area (Å²) in [6, 6.07) is 4.70. The molecule has 0 atom stereocenters. The molecule has 4 nitrogen and oxygen atoms in total. The van der Waals surface area contributed by atoms with Crippen LogP contribution in [0.5, 0.6) is 11.5 Å². The van der Waals surface area contributed by atoms with E-state index in [0.717, 1.165) is 0 Å². The number of phenolic OH excluding ortho intramolecular Hbond substituents is 1. The number of phenols is 1. The molecule has 1 aromatic rings. The van der Waals surface area contributed by atoms with Gasteiger partial charge in [-0.25, -0.2) is 0 Å². The number of hydrogen-bond acceptors (Lipinski definition) is 3. The first-order valence-corrected chi connectivity index (χ1v) is 5.71. The molecule has 4 heteroatoms. The molecule has 17 heavy (non-hydrogen) atoms. The van der Waals surface area contributed by atoms with Crippen LogP contribution in [0, 0.1) is 0 Å². The van der Waals surface area contributed by atoms with Crippen LogP contribution in [0.15, 0.2) is 18.2 Å². The van der Waals surface area contributed by atoms with E-state index in [0.29, 0.717) is 24.2 Å². The molecule has 0 saturated heterocycles. The highest BCUT2D eigenvalue weighted by molar-refractivity contribution is 5.85. The van der Waals surface area contributed by atoms with Gasteiger partial charge in [0.15, 0.2) is 11.5 Å². The van der Waals surface area contributed by atoms with Crippen molar-refractivity contribution in [1.29, 1.82) is 0 Å². The van der Waals surface area contributed by atoms with E-state index in [-0.39, 0.29) is 5.75 Å². The quantitative estimate of drug-likeness (QED) is 0.849. The van der Waals surface area contributed by atoms with Crippen molar-refractivity contribution < 1.29 is 19.7 Å². The van der Waals surface area contributed by atoms with Gasteiger partial charge in [-0.15, -0.1) is 0 Å². The second kappa shape index (κ2) is 5.08. The Balaban J connectivity index is 0.000000686. The minimum absolute atomic E-state index is 0.0300. The second-order valence-electron chi connectivity index (χ2n) is 3.77. The first-order chi connectivity index (χ1) is 8.10. The van der Waals surface area contributed by atoms with Crippen molar-refractivity contribution in [3.8, 4) is 11.5 Å². The van der Waals surface area contributed by atoms with Crippen LogP contribution in [0.4, 0.5) is 0 Å². The molecule has 1 aliphatic rings. The monoisotopic (exact) mass is 238 g/mol. The molecule has 0 amide bonds. The lowest BCUT2D eigenvalue weighted by molar-refractivity contribution is -0.140. The molecule has 0 spiro atoms. The first-order valence-electron chi connectivity index (χ1n) is 5.71. The van der Waals surface area contributed by atoms with E-state index in [1.54, 1.807) is 12.1 Å². The predicted molar refractivity (Wildman–Crippen MR) is 64.6 cm³/mol. The molecule has 2 rings (SSSR count). The Morgan fingerprint density at radius 1 is 1.35 bits per heavy atom. The van der Waals surface area contributed by atoms with Crippen LogP contribution >= 0.6 is 0 Å². The predicted octanol–water partition coefficient (Wildman–Crippen LogP) is 2.54. The highest BCUT2D eigenvalue weighted by atomic mass is 16.5. The summed E-state index contributed by atoms with van der Waals surface area (Å²) in [5.41, 5.74) is -0.0503. The van der Waals surface area contributed by atoms with Crippen molar-refractivity contribution in [2.75, 3.05) is 7.11 Å². The average Bonchev–Trinajstić information content (AvgIpc) is 3.13. The highest BCUT2D eigenvalue weighted by Gasteiger charge is 2.51. The summed E-state index contributed by atoms with van der Waals surface area (Å²) in [6.45, 7) is 4.00. The minimum Gasteiger partial charge on any atom is -0.504 e. The Hall–Kier alpha value is -1.71. The number of rotatable bonds is 3. The normalized spacial score (nSPS) is 15.5. The molecule has 94 valence electrons. The van der Waals surface area contributed by atoms with E-state index in [9.17, 15) is 9.90 Å². The molecule has 0 aromatic heterocycles. The summed E-state index contributed by atoms with van der Waals surface area (Å²) in [5.74, 6) is -0.460. The van der Waals surface area contributed by atoms with Crippen LogP contribution in [0.3, 0.4) is 0 Å². The number of hydrogen-bond donors (Lipinski definition) is 2. The zero-order valence-electron chi connectivity index (χ0n) is 10.4. The zero-order valence-corrected chi connectivity index (χ0v) is 10.4. The summed E-state index contributed by atoms with van der Waals surface area (Å²) in [5, 5.41) is 18.5. The number of carbonyl (C=O) groups is 1. The van der Waals surface area contributed by atoms with Crippen LogP contribution < -0.4 is 4.74 Å². The Labute approximate surface area is 101 Å². The molecular weight excluding hydrogens is 220 g/mol. The maximum absolute atomic E-state index is 11.1. The van der Waals surface area contributed by atoms with Gasteiger partial charge in [0, 0.05) is 0 Å². The molecule has 0 unspecified atom stereocenters. The number of benzene rings is 1. The lowest BCUT2D eigenvalue weighted by Crippen LogP contribution is -2.19. The third kappa shape index (κ3) is 2.35. The average molecular weight is 238 g/mol. The van der Waals surface area contributed by atoms with Crippen molar-refractivity contribution >= 4 is 5.97 Å². The van der Waals surface area contributed by atoms with Gasteiger partial charge in [0.1, 0.15) is 0 Å². The van der Waals surface area contributed by atoms with Crippen LogP contribution in [0.2, 0.25) is 0 Å². The summed E-state index contributed by atoms with van der Waals surface area (Å²) in [6.07, 6.45) is 1.30. The van der Waals surface area contributed by atoms with Crippen molar-refractivity contribution in [2.24, 2.45) is 0 Å². The van der Waals surface area contributed by atoms with Gasteiger partial charge in [-0.3, -0.25) is 4.79 Å². The Bertz CT molecular complexity index is 408. The Morgan fingerprint density at radius 3 is 2.35 bits per heavy atom. The van der Waals surface area contributed by atoms with Crippen LogP contribution in [-0.2, 0) is 10.2 Å². The molecule has 1 saturated carbocycles. The lowest BCUT2D eigenvalue weighted by Gasteiger charge is -2.12. The van der Waals surface area contributed by atoms with Gasteiger partial charge in [-0.1, -0.05) is 19.9 Å². The number of aliphatic carboxylic acids is 1. The number of ether oxygens (including phenoxy) is 1. The number of carboxylic acid groups (broad SMARTS) is 1. The van der Waals surface area contributed by atoms with Crippen molar-refractivity contribution in [3.05, 3.63) is 23.8 Å². The van der Waals surface area contributed by atoms with Crippen LogP contribution in [-0.4, -0.2) is 23.3 Å². The fourth-order valence-corrected chi connectivity index (χ4v) is 1.73. The first kappa shape index (κ1) is 13.4. The number of carboxylic acids is 1. The SMILES string of the molecule is CC.COc1cc(C2(C(=O)O)CC2)ccc1O. The summed E-state index contributed by atoms with van der Waals surface area (Å²) >= 11 is 0. The van der Waals surface area contributed by atoms with Gasteiger partial charge in [-0.05, 0) is 30.5 Å². The van der Waals surface area contributed by atoms with E-state index < -0.39 is 11.4 Å². The maximum Gasteiger partial charge on any atom is 0.314 e. The number of methoxy groups -OCH3 is 1. The third-order valence-corrected chi connectivity index (χ3v) is 2.89. The Kier molecular flexibility index (Phi) is 3.99. The molecule has 0 heterocycles. The minimum atomic E-state index is -0.810. The second-order valence-corrected chi connectivity index (χ2v) is 3.77. The van der Waals surface area contributed by atoms with Gasteiger partial charge >= 0.3 is 5.97 Å². The van der Waals surface area contributed by atoms with Crippen LogP contribution in [0.1, 0.15) is 32.3 Å². The highest BCUT2D eigenvalue weighted by Crippen LogP contribution is 2.49. The topological polar surface area (TPSA) is 66.8 Å². The molecule has 0 radical (unpaired) electrons. The van der Waals surface area contributed by atoms with Crippen LogP contribution in [0.25, 0.3) is 0 Å². The molecule has 2 N–H and O–H groups in total. The van der Waals surface area contributed by atoms with E-state index >= 15 is 0 Å². The van der Waals surface area contributed by atoms with Crippen molar-refractivity contribution in [2.45, 2.75) is 32.1 Å². The van der Waals surface area contributed by atoms with Gasteiger partial charge in [0.25, 0.3) is 0 Å². The summed E-state index contributed by atoms with van der Waals surface area (Å²) in [7, 11) is 1.44. The molecule has 1 fully saturated rings. The van der Waals surface area contributed by atoms with Crippen molar-refractivity contribution in [3.63, 3.8) is 0 Å². The standard InChI is InChI=1S/C11H12O4.C2H6/c1-15-9-6-7(2-3-8(9)12)11(4-5-11)10(13)14;1-2/h2-3,6,12H,4-5H2,1H3,(H,13,14);1-2H3. The lowest BCUT2D eigenvalue weighted by atomic mass is 9.96. The van der Waals surface area contributed by atoms with E-state index in [4.69, 9.17) is 9.84 Å². The van der Waals surface area contributed by atoms with Crippen molar-refractivity contribution in [1.82, 2.24) is 0 Å². The molecule has 0 bridgehead atoms. The summed E-state index contributed by atoms with van der Waals surface area (Å²) < 4.78 is 4.95. The van der Waals surface area contributed by atoms with E-state index in [2.05, 4.69) is 0 Å². The fourth-order valence-electron chi connectivity index (χ4n) is 1.73. The van der Waals surface area contributed by atoms with E-state index in [1.807, 2.05) is 13.8 Å². The molecule has 0 aliphatic heterocycles. The van der Waals surface area contributed by atoms with Gasteiger partial charge in [-0.2, -0.15) is 0 Å². The van der Waals surface area contributed by atoms with Gasteiger partial charge in [0.2, 0.25) is 0 Å². The van der Waals surface area contributed by atoms with Gasteiger partial charge in [0.05, 0.1) is 12.5 Å². The molecular formula is C13H18O4. The molecule has 1 aromatic carbocycles. The third-order valence-electron chi connectivity index (χ3n) is 2.89. The zero-order chi connectivity index (χ0) is 13.1. The maximum atomic E-state index is 11.1. The summed E-state index contributed by atoms with van der Waals surface area (Å²) in [4.78, 5) is 11.1. The largest absolute Gasteiger partial charge is 0.504 e. The van der Waals surface area contributed by atoms with E-state index in [1.165, 1.54) is 13.2 Å². The fraction of sp³-hybridized carbons (Fsp3) is 0.462. The Morgan fingerprint density at radius 2 is 1.94 bits per heavy atom. The van der Waals surface area contributed by atoms with Gasteiger partial charge < -0.3 is 14.9 Å².